The summed E-state index contributed by atoms with van der Waals surface area (Å²) in [6, 6.07) is 8.07. The van der Waals surface area contributed by atoms with E-state index in [0.717, 1.165) is 26.5 Å². The minimum Gasteiger partial charge on any atom is -0.384 e. The molecule has 2 heterocycles. The minimum atomic E-state index is 0.625. The largest absolute Gasteiger partial charge is 0.384 e. The van der Waals surface area contributed by atoms with Crippen molar-refractivity contribution in [1.29, 1.82) is 0 Å². The smallest absolute Gasteiger partial charge is 0.124 e. The highest BCUT2D eigenvalue weighted by atomic mass is 79.9. The van der Waals surface area contributed by atoms with Crippen molar-refractivity contribution >= 4 is 32.7 Å². The molecule has 0 amide bonds. The molecule has 0 fully saturated rings. The van der Waals surface area contributed by atoms with Crippen LogP contribution in [0, 0.1) is 6.92 Å². The van der Waals surface area contributed by atoms with E-state index in [1.54, 1.807) is 17.1 Å². The lowest BCUT2D eigenvalue weighted by atomic mass is 10.1. The Labute approximate surface area is 119 Å². The summed E-state index contributed by atoms with van der Waals surface area (Å²) < 4.78 is 2.84. The van der Waals surface area contributed by atoms with Gasteiger partial charge in [-0.05, 0) is 24.6 Å². The summed E-state index contributed by atoms with van der Waals surface area (Å²) in [5.74, 6) is 0.701. The molecule has 1 aromatic carbocycles. The molecule has 3 rings (SSSR count). The van der Waals surface area contributed by atoms with E-state index in [9.17, 15) is 0 Å². The van der Waals surface area contributed by atoms with Crippen LogP contribution in [0.1, 0.15) is 11.1 Å². The van der Waals surface area contributed by atoms with Crippen LogP contribution in [-0.4, -0.2) is 14.8 Å². The Morgan fingerprint density at radius 1 is 1.32 bits per heavy atom. The van der Waals surface area contributed by atoms with Gasteiger partial charge in [-0.15, -0.1) is 0 Å². The lowest BCUT2D eigenvalue weighted by Gasteiger charge is -2.09. The van der Waals surface area contributed by atoms with Crippen LogP contribution >= 0.6 is 15.9 Å². The summed E-state index contributed by atoms with van der Waals surface area (Å²) in [5, 5.41) is 5.39. The van der Waals surface area contributed by atoms with Gasteiger partial charge in [0.05, 0.1) is 18.3 Å². The highest BCUT2D eigenvalue weighted by Gasteiger charge is 2.09. The van der Waals surface area contributed by atoms with Gasteiger partial charge in [-0.25, -0.2) is 4.68 Å². The lowest BCUT2D eigenvalue weighted by molar-refractivity contribution is 0.699. The van der Waals surface area contributed by atoms with Gasteiger partial charge >= 0.3 is 0 Å². The van der Waals surface area contributed by atoms with Crippen LogP contribution in [0.3, 0.4) is 0 Å². The number of nitrogens with two attached hydrogens (primary N) is 1. The molecular weight excluding hydrogens is 304 g/mol. The Bertz CT molecular complexity index is 748. The number of nitrogens with zero attached hydrogens (tertiary/aromatic N) is 3. The molecule has 0 atom stereocenters. The molecule has 0 aliphatic heterocycles. The second kappa shape index (κ2) is 4.66. The van der Waals surface area contributed by atoms with Gasteiger partial charge in [0, 0.05) is 21.6 Å². The second-order valence-electron chi connectivity index (χ2n) is 4.48. The molecule has 19 heavy (non-hydrogen) atoms. The molecule has 3 aromatic rings. The van der Waals surface area contributed by atoms with Gasteiger partial charge in [0.15, 0.2) is 0 Å². The zero-order valence-corrected chi connectivity index (χ0v) is 12.1. The van der Waals surface area contributed by atoms with Crippen molar-refractivity contribution in [3.63, 3.8) is 0 Å². The van der Waals surface area contributed by atoms with Crippen molar-refractivity contribution in [2.75, 3.05) is 5.73 Å². The number of hydrogen-bond donors (Lipinski definition) is 1. The maximum Gasteiger partial charge on any atom is 0.124 e. The minimum absolute atomic E-state index is 0.625. The molecule has 0 saturated carbocycles. The number of halogens is 1. The topological polar surface area (TPSA) is 56.7 Å². The Morgan fingerprint density at radius 3 is 2.89 bits per heavy atom. The van der Waals surface area contributed by atoms with E-state index < -0.39 is 0 Å². The third kappa shape index (κ3) is 2.10. The number of fused-ring (bicyclic) bond motifs is 1. The Morgan fingerprint density at radius 2 is 2.16 bits per heavy atom. The maximum absolute atomic E-state index is 6.00. The third-order valence-corrected chi connectivity index (χ3v) is 3.88. The standard InChI is InChI=1S/C14H13BrN4/c1-9-7-18-19(14(9)16)8-10-4-5-12(15)11-3-2-6-17-13(10)11/h2-7H,8,16H2,1H3. The molecule has 2 N–H and O–H groups in total. The van der Waals surface area contributed by atoms with E-state index in [1.807, 2.05) is 25.1 Å². The Kier molecular flexibility index (Phi) is 2.98. The zero-order chi connectivity index (χ0) is 13.4. The molecule has 2 aromatic heterocycles. The highest BCUT2D eigenvalue weighted by Crippen LogP contribution is 2.26. The van der Waals surface area contributed by atoms with Gasteiger partial charge in [0.2, 0.25) is 0 Å². The fraction of sp³-hybridized carbons (Fsp3) is 0.143. The maximum atomic E-state index is 6.00. The molecule has 4 nitrogen and oxygen atoms in total. The fourth-order valence-electron chi connectivity index (χ4n) is 2.10. The van der Waals surface area contributed by atoms with E-state index in [0.29, 0.717) is 12.4 Å². The molecule has 0 unspecified atom stereocenters. The first kappa shape index (κ1) is 12.2. The quantitative estimate of drug-likeness (QED) is 0.790. The number of aromatic nitrogens is 3. The molecule has 0 aliphatic rings. The number of rotatable bonds is 2. The summed E-state index contributed by atoms with van der Waals surface area (Å²) in [6.45, 7) is 2.58. The van der Waals surface area contributed by atoms with Gasteiger partial charge in [-0.1, -0.05) is 28.1 Å². The number of benzene rings is 1. The predicted molar refractivity (Wildman–Crippen MR) is 79.9 cm³/mol. The number of aryl methyl sites for hydroxylation is 1. The van der Waals surface area contributed by atoms with Gasteiger partial charge in [-0.2, -0.15) is 5.10 Å². The average molecular weight is 317 g/mol. The first-order valence-electron chi connectivity index (χ1n) is 5.97. The monoisotopic (exact) mass is 316 g/mol. The summed E-state index contributed by atoms with van der Waals surface area (Å²) in [7, 11) is 0. The van der Waals surface area contributed by atoms with Gasteiger partial charge in [0.1, 0.15) is 5.82 Å². The highest BCUT2D eigenvalue weighted by molar-refractivity contribution is 9.10. The predicted octanol–water partition coefficient (Wildman–Crippen LogP) is 3.13. The number of pyridine rings is 1. The molecule has 0 saturated heterocycles. The van der Waals surface area contributed by atoms with Crippen LogP contribution < -0.4 is 5.73 Å². The van der Waals surface area contributed by atoms with E-state index in [-0.39, 0.29) is 0 Å². The summed E-state index contributed by atoms with van der Waals surface area (Å²) in [4.78, 5) is 4.46. The van der Waals surface area contributed by atoms with Crippen molar-refractivity contribution in [3.8, 4) is 0 Å². The van der Waals surface area contributed by atoms with E-state index in [4.69, 9.17) is 5.73 Å². The Balaban J connectivity index is 2.11. The van der Waals surface area contributed by atoms with Crippen molar-refractivity contribution in [3.05, 3.63) is 52.3 Å². The number of hydrogen-bond acceptors (Lipinski definition) is 3. The third-order valence-electron chi connectivity index (χ3n) is 3.19. The summed E-state index contributed by atoms with van der Waals surface area (Å²) >= 11 is 3.55. The van der Waals surface area contributed by atoms with Gasteiger partial charge < -0.3 is 5.73 Å². The Hall–Kier alpha value is -1.88. The van der Waals surface area contributed by atoms with Gasteiger partial charge in [-0.3, -0.25) is 4.98 Å². The van der Waals surface area contributed by atoms with Crippen LogP contribution in [0.15, 0.2) is 41.1 Å². The molecule has 96 valence electrons. The number of nitrogen functional groups attached to an aromatic ring is 1. The van der Waals surface area contributed by atoms with E-state index in [2.05, 4.69) is 32.1 Å². The first-order chi connectivity index (χ1) is 9.16. The molecule has 0 bridgehead atoms. The molecule has 0 aliphatic carbocycles. The summed E-state index contributed by atoms with van der Waals surface area (Å²) in [5.41, 5.74) is 9.07. The van der Waals surface area contributed by atoms with Crippen molar-refractivity contribution in [2.45, 2.75) is 13.5 Å². The SMILES string of the molecule is Cc1cnn(Cc2ccc(Br)c3cccnc23)c1N. The van der Waals surface area contributed by atoms with Gasteiger partial charge in [0.25, 0.3) is 0 Å². The van der Waals surface area contributed by atoms with E-state index in [1.165, 1.54) is 0 Å². The lowest BCUT2D eigenvalue weighted by Crippen LogP contribution is -2.07. The van der Waals surface area contributed by atoms with Crippen LogP contribution in [0.25, 0.3) is 10.9 Å². The molecular formula is C14H13BrN4. The molecule has 0 spiro atoms. The summed E-state index contributed by atoms with van der Waals surface area (Å²) in [6.07, 6.45) is 3.58. The van der Waals surface area contributed by atoms with Crippen molar-refractivity contribution in [1.82, 2.24) is 14.8 Å². The number of anilines is 1. The molecule has 0 radical (unpaired) electrons. The van der Waals surface area contributed by atoms with Crippen LogP contribution in [0.2, 0.25) is 0 Å². The van der Waals surface area contributed by atoms with Crippen LogP contribution in [0.4, 0.5) is 5.82 Å². The first-order valence-corrected chi connectivity index (χ1v) is 6.76. The van der Waals surface area contributed by atoms with E-state index >= 15 is 0 Å². The average Bonchev–Trinajstić information content (AvgIpc) is 2.74. The molecule has 5 heteroatoms. The normalized spacial score (nSPS) is 11.1. The van der Waals surface area contributed by atoms with Crippen LogP contribution in [0.5, 0.6) is 0 Å². The fourth-order valence-corrected chi connectivity index (χ4v) is 2.55. The van der Waals surface area contributed by atoms with Crippen LogP contribution in [-0.2, 0) is 6.54 Å². The van der Waals surface area contributed by atoms with Crippen molar-refractivity contribution < 1.29 is 0 Å². The second-order valence-corrected chi connectivity index (χ2v) is 5.33. The zero-order valence-electron chi connectivity index (χ0n) is 10.5. The van der Waals surface area contributed by atoms with Crippen molar-refractivity contribution in [2.24, 2.45) is 0 Å².